The van der Waals surface area contributed by atoms with Crippen LogP contribution in [-0.4, -0.2) is 19.6 Å². The van der Waals surface area contributed by atoms with E-state index in [0.29, 0.717) is 5.78 Å². The second-order valence-electron chi connectivity index (χ2n) is 5.78. The highest BCUT2D eigenvalue weighted by atomic mass is 19.1. The Labute approximate surface area is 144 Å². The third-order valence-corrected chi connectivity index (χ3v) is 4.06. The predicted octanol–water partition coefficient (Wildman–Crippen LogP) is 4.10. The topological polar surface area (TPSA) is 55.1 Å². The maximum Gasteiger partial charge on any atom is 0.254 e. The molecule has 2 aromatic heterocycles. The van der Waals surface area contributed by atoms with Gasteiger partial charge in [-0.15, -0.1) is 0 Å². The molecule has 0 spiro atoms. The molecule has 6 heteroatoms. The van der Waals surface area contributed by atoms with Crippen molar-refractivity contribution in [3.05, 3.63) is 78.4 Å². The summed E-state index contributed by atoms with van der Waals surface area (Å²) in [4.78, 5) is 8.77. The van der Waals surface area contributed by atoms with Crippen LogP contribution in [0.1, 0.15) is 18.5 Å². The minimum absolute atomic E-state index is 0.0287. The third kappa shape index (κ3) is 3.06. The van der Waals surface area contributed by atoms with Crippen LogP contribution in [0, 0.1) is 5.82 Å². The number of hydrogen-bond donors (Lipinski definition) is 1. The van der Waals surface area contributed by atoms with E-state index in [1.54, 1.807) is 16.6 Å². The molecule has 25 heavy (non-hydrogen) atoms. The fourth-order valence-electron chi connectivity index (χ4n) is 2.73. The molecule has 0 aliphatic rings. The molecule has 4 rings (SSSR count). The highest BCUT2D eigenvalue weighted by molar-refractivity contribution is 5.65. The van der Waals surface area contributed by atoms with Gasteiger partial charge in [0.25, 0.3) is 5.78 Å². The van der Waals surface area contributed by atoms with Crippen LogP contribution in [0.5, 0.6) is 0 Å². The van der Waals surface area contributed by atoms with E-state index < -0.39 is 0 Å². The predicted molar refractivity (Wildman–Crippen MR) is 94.7 cm³/mol. The fraction of sp³-hybridized carbons (Fsp3) is 0.105. The first-order valence-electron chi connectivity index (χ1n) is 7.99. The largest absolute Gasteiger partial charge is 0.363 e. The first kappa shape index (κ1) is 15.3. The van der Waals surface area contributed by atoms with Crippen molar-refractivity contribution in [3.63, 3.8) is 0 Å². The lowest BCUT2D eigenvalue weighted by molar-refractivity contribution is 0.626. The van der Waals surface area contributed by atoms with Crippen molar-refractivity contribution in [2.24, 2.45) is 0 Å². The van der Waals surface area contributed by atoms with Crippen LogP contribution in [0.3, 0.4) is 0 Å². The summed E-state index contributed by atoms with van der Waals surface area (Å²) < 4.78 is 14.8. The van der Waals surface area contributed by atoms with E-state index in [1.165, 1.54) is 18.5 Å². The molecule has 0 radical (unpaired) electrons. The first-order valence-corrected chi connectivity index (χ1v) is 7.99. The van der Waals surface area contributed by atoms with Gasteiger partial charge in [-0.05, 0) is 24.6 Å². The molecule has 2 heterocycles. The second-order valence-corrected chi connectivity index (χ2v) is 5.78. The Morgan fingerprint density at radius 2 is 1.80 bits per heavy atom. The van der Waals surface area contributed by atoms with E-state index in [0.717, 1.165) is 22.6 Å². The molecule has 0 fully saturated rings. The molecule has 0 saturated carbocycles. The molecule has 1 N–H and O–H groups in total. The Morgan fingerprint density at radius 1 is 1.04 bits per heavy atom. The molecule has 0 unspecified atom stereocenters. The number of nitrogens with zero attached hydrogens (tertiary/aromatic N) is 4. The Hall–Kier alpha value is -3.28. The molecule has 5 nitrogen and oxygen atoms in total. The van der Waals surface area contributed by atoms with E-state index in [4.69, 9.17) is 0 Å². The monoisotopic (exact) mass is 333 g/mol. The molecule has 0 aliphatic heterocycles. The lowest BCUT2D eigenvalue weighted by atomic mass is 10.1. The molecule has 4 aromatic rings. The minimum atomic E-state index is -0.245. The quantitative estimate of drug-likeness (QED) is 0.611. The standard InChI is InChI=1S/C19H16FN5/c1-13(14-7-9-16(20)10-8-14)23-18-11-17(15-5-3-2-4-6-15)24-19-21-12-22-25(18)19/h2-13,23H,1H3/t13-/m0/s1. The number of nitrogens with one attached hydrogen (secondary N) is 1. The zero-order valence-corrected chi connectivity index (χ0v) is 13.6. The van der Waals surface area contributed by atoms with Gasteiger partial charge in [0, 0.05) is 17.7 Å². The number of hydrogen-bond acceptors (Lipinski definition) is 4. The summed E-state index contributed by atoms with van der Waals surface area (Å²) in [5.41, 5.74) is 2.80. The Kier molecular flexibility index (Phi) is 3.85. The van der Waals surface area contributed by atoms with E-state index in [2.05, 4.69) is 20.4 Å². The molecule has 0 amide bonds. The lowest BCUT2D eigenvalue weighted by Crippen LogP contribution is -2.11. The summed E-state index contributed by atoms with van der Waals surface area (Å²) >= 11 is 0. The van der Waals surface area contributed by atoms with Gasteiger partial charge < -0.3 is 5.32 Å². The average molecular weight is 333 g/mol. The van der Waals surface area contributed by atoms with E-state index in [1.807, 2.05) is 43.3 Å². The van der Waals surface area contributed by atoms with Gasteiger partial charge in [0.1, 0.15) is 18.0 Å². The Bertz CT molecular complexity index is 995. The van der Waals surface area contributed by atoms with Crippen molar-refractivity contribution >= 4 is 11.6 Å². The van der Waals surface area contributed by atoms with Gasteiger partial charge in [-0.25, -0.2) is 9.37 Å². The van der Waals surface area contributed by atoms with Crippen molar-refractivity contribution in [1.82, 2.24) is 19.6 Å². The Morgan fingerprint density at radius 3 is 2.56 bits per heavy atom. The van der Waals surface area contributed by atoms with Gasteiger partial charge in [0.15, 0.2) is 0 Å². The SMILES string of the molecule is C[C@H](Nc1cc(-c2ccccc2)nc2ncnn12)c1ccc(F)cc1. The maximum atomic E-state index is 13.1. The molecule has 2 aromatic carbocycles. The van der Waals surface area contributed by atoms with Crippen LogP contribution in [0.4, 0.5) is 10.2 Å². The normalized spacial score (nSPS) is 12.2. The van der Waals surface area contributed by atoms with Crippen molar-refractivity contribution in [3.8, 4) is 11.3 Å². The summed E-state index contributed by atoms with van der Waals surface area (Å²) in [6.07, 6.45) is 1.48. The average Bonchev–Trinajstić information content (AvgIpc) is 3.12. The Balaban J connectivity index is 1.73. The van der Waals surface area contributed by atoms with Gasteiger partial charge in [-0.2, -0.15) is 14.6 Å². The molecular weight excluding hydrogens is 317 g/mol. The summed E-state index contributed by atoms with van der Waals surface area (Å²) in [5, 5.41) is 7.65. The number of fused-ring (bicyclic) bond motifs is 1. The van der Waals surface area contributed by atoms with E-state index >= 15 is 0 Å². The van der Waals surface area contributed by atoms with Gasteiger partial charge in [-0.1, -0.05) is 42.5 Å². The fourth-order valence-corrected chi connectivity index (χ4v) is 2.73. The highest BCUT2D eigenvalue weighted by Gasteiger charge is 2.12. The summed E-state index contributed by atoms with van der Waals surface area (Å²) in [6, 6.07) is 18.3. The van der Waals surface area contributed by atoms with Crippen LogP contribution < -0.4 is 5.32 Å². The van der Waals surface area contributed by atoms with Crippen LogP contribution in [-0.2, 0) is 0 Å². The molecular formula is C19H16FN5. The zero-order chi connectivity index (χ0) is 17.2. The van der Waals surface area contributed by atoms with Gasteiger partial charge in [-0.3, -0.25) is 0 Å². The number of halogens is 1. The van der Waals surface area contributed by atoms with Crippen LogP contribution in [0.15, 0.2) is 67.0 Å². The number of aromatic nitrogens is 4. The lowest BCUT2D eigenvalue weighted by Gasteiger charge is -2.17. The maximum absolute atomic E-state index is 13.1. The van der Waals surface area contributed by atoms with Gasteiger partial charge in [0.2, 0.25) is 0 Å². The highest BCUT2D eigenvalue weighted by Crippen LogP contribution is 2.24. The van der Waals surface area contributed by atoms with Crippen molar-refractivity contribution in [2.75, 3.05) is 5.32 Å². The van der Waals surface area contributed by atoms with Crippen LogP contribution >= 0.6 is 0 Å². The van der Waals surface area contributed by atoms with Crippen molar-refractivity contribution in [1.29, 1.82) is 0 Å². The summed E-state index contributed by atoms with van der Waals surface area (Å²) in [6.45, 7) is 2.01. The van der Waals surface area contributed by atoms with Crippen molar-refractivity contribution in [2.45, 2.75) is 13.0 Å². The smallest absolute Gasteiger partial charge is 0.254 e. The summed E-state index contributed by atoms with van der Waals surface area (Å²) in [5.74, 6) is 1.05. The first-order chi connectivity index (χ1) is 12.2. The second kappa shape index (κ2) is 6.32. The van der Waals surface area contributed by atoms with Crippen molar-refractivity contribution < 1.29 is 4.39 Å². The van der Waals surface area contributed by atoms with E-state index in [9.17, 15) is 4.39 Å². The minimum Gasteiger partial charge on any atom is -0.363 e. The number of benzene rings is 2. The molecule has 0 aliphatic carbocycles. The number of rotatable bonds is 4. The van der Waals surface area contributed by atoms with Crippen LogP contribution in [0.2, 0.25) is 0 Å². The number of anilines is 1. The molecule has 0 bridgehead atoms. The van der Waals surface area contributed by atoms with Gasteiger partial charge in [0.05, 0.1) is 5.69 Å². The van der Waals surface area contributed by atoms with Crippen LogP contribution in [0.25, 0.3) is 17.0 Å². The molecule has 0 saturated heterocycles. The summed E-state index contributed by atoms with van der Waals surface area (Å²) in [7, 11) is 0. The molecule has 1 atom stereocenters. The third-order valence-electron chi connectivity index (χ3n) is 4.06. The zero-order valence-electron chi connectivity index (χ0n) is 13.6. The van der Waals surface area contributed by atoms with Gasteiger partial charge >= 0.3 is 0 Å². The van der Waals surface area contributed by atoms with E-state index in [-0.39, 0.29) is 11.9 Å². The molecule has 124 valence electrons.